The first-order chi connectivity index (χ1) is 8.10. The second-order valence-corrected chi connectivity index (χ2v) is 5.41. The summed E-state index contributed by atoms with van der Waals surface area (Å²) in [5.41, 5.74) is 6.46. The molecule has 92 valence electrons. The van der Waals surface area contributed by atoms with E-state index in [9.17, 15) is 4.79 Å². The summed E-state index contributed by atoms with van der Waals surface area (Å²) in [6.07, 6.45) is 1.66. The third-order valence-corrected chi connectivity index (χ3v) is 3.75. The van der Waals surface area contributed by atoms with Gasteiger partial charge < -0.3 is 10.5 Å². The van der Waals surface area contributed by atoms with Gasteiger partial charge in [0.05, 0.1) is 5.54 Å². The van der Waals surface area contributed by atoms with Crippen LogP contribution in [0.1, 0.15) is 18.4 Å². The van der Waals surface area contributed by atoms with E-state index in [4.69, 9.17) is 10.5 Å². The van der Waals surface area contributed by atoms with Crippen LogP contribution in [0.15, 0.2) is 28.7 Å². The molecule has 0 aliphatic carbocycles. The summed E-state index contributed by atoms with van der Waals surface area (Å²) in [5.74, 6) is 0.114. The lowest BCUT2D eigenvalue weighted by molar-refractivity contribution is -0.126. The molecule has 0 spiro atoms. The number of nitrogens with two attached hydrogens (primary N) is 1. The molecule has 0 bridgehead atoms. The van der Waals surface area contributed by atoms with E-state index in [1.165, 1.54) is 0 Å². The van der Waals surface area contributed by atoms with Crippen molar-refractivity contribution in [3.63, 3.8) is 0 Å². The van der Waals surface area contributed by atoms with Gasteiger partial charge in [0.15, 0.2) is 5.78 Å². The molecular formula is C13H16BrNO2. The number of ketones is 1. The predicted octanol–water partition coefficient (Wildman–Crippen LogP) is 2.07. The van der Waals surface area contributed by atoms with Gasteiger partial charge in [-0.2, -0.15) is 0 Å². The zero-order valence-electron chi connectivity index (χ0n) is 9.62. The van der Waals surface area contributed by atoms with Crippen LogP contribution in [0.4, 0.5) is 0 Å². The van der Waals surface area contributed by atoms with Crippen molar-refractivity contribution in [3.05, 3.63) is 34.3 Å². The number of hydrogen-bond acceptors (Lipinski definition) is 3. The Morgan fingerprint density at radius 2 is 1.88 bits per heavy atom. The first-order valence-corrected chi connectivity index (χ1v) is 6.54. The van der Waals surface area contributed by atoms with Crippen molar-refractivity contribution in [1.82, 2.24) is 0 Å². The number of carbonyl (C=O) groups is 1. The standard InChI is InChI=1S/C13H16BrNO2/c14-11-3-1-10(2-4-11)9-12(16)13(15)5-7-17-8-6-13/h1-4H,5-9,15H2. The average Bonchev–Trinajstić information content (AvgIpc) is 2.33. The van der Waals surface area contributed by atoms with Gasteiger partial charge in [0.2, 0.25) is 0 Å². The molecule has 1 aromatic rings. The van der Waals surface area contributed by atoms with Crippen LogP contribution in [0, 0.1) is 0 Å². The number of Topliss-reactive ketones (excluding diaryl/α,β-unsaturated/α-hetero) is 1. The normalized spacial score (nSPS) is 18.9. The molecule has 0 aromatic heterocycles. The van der Waals surface area contributed by atoms with Gasteiger partial charge in [0.25, 0.3) is 0 Å². The Labute approximate surface area is 109 Å². The molecule has 0 saturated carbocycles. The molecule has 0 amide bonds. The Bertz CT molecular complexity index is 396. The molecule has 1 aromatic carbocycles. The first kappa shape index (κ1) is 12.7. The highest BCUT2D eigenvalue weighted by atomic mass is 79.9. The van der Waals surface area contributed by atoms with Crippen LogP contribution in [0.3, 0.4) is 0 Å². The fraction of sp³-hybridized carbons (Fsp3) is 0.462. The molecule has 2 N–H and O–H groups in total. The maximum atomic E-state index is 12.2. The van der Waals surface area contributed by atoms with E-state index in [1.807, 2.05) is 24.3 Å². The minimum atomic E-state index is -0.689. The fourth-order valence-electron chi connectivity index (χ4n) is 1.98. The Hall–Kier alpha value is -0.710. The lowest BCUT2D eigenvalue weighted by Crippen LogP contribution is -2.52. The summed E-state index contributed by atoms with van der Waals surface area (Å²) < 4.78 is 6.26. The second-order valence-electron chi connectivity index (χ2n) is 4.49. The maximum absolute atomic E-state index is 12.2. The first-order valence-electron chi connectivity index (χ1n) is 5.74. The van der Waals surface area contributed by atoms with Crippen LogP contribution < -0.4 is 5.73 Å². The Morgan fingerprint density at radius 3 is 2.47 bits per heavy atom. The third-order valence-electron chi connectivity index (χ3n) is 3.22. The van der Waals surface area contributed by atoms with Crippen LogP contribution in [-0.4, -0.2) is 24.5 Å². The monoisotopic (exact) mass is 297 g/mol. The molecule has 0 unspecified atom stereocenters. The zero-order valence-corrected chi connectivity index (χ0v) is 11.2. The maximum Gasteiger partial charge on any atom is 0.157 e. The van der Waals surface area contributed by atoms with Crippen LogP contribution in [0.25, 0.3) is 0 Å². The average molecular weight is 298 g/mol. The molecule has 2 rings (SSSR count). The van der Waals surface area contributed by atoms with Crippen molar-refractivity contribution in [2.45, 2.75) is 24.8 Å². The summed E-state index contributed by atoms with van der Waals surface area (Å²) in [4.78, 5) is 12.2. The van der Waals surface area contributed by atoms with Crippen LogP contribution in [0.2, 0.25) is 0 Å². The van der Waals surface area contributed by atoms with Gasteiger partial charge in [-0.15, -0.1) is 0 Å². The van der Waals surface area contributed by atoms with E-state index in [2.05, 4.69) is 15.9 Å². The van der Waals surface area contributed by atoms with E-state index in [0.717, 1.165) is 10.0 Å². The topological polar surface area (TPSA) is 52.3 Å². The summed E-state index contributed by atoms with van der Waals surface area (Å²) in [6, 6.07) is 7.78. The SMILES string of the molecule is NC1(C(=O)Cc2ccc(Br)cc2)CCOCC1. The van der Waals surface area contributed by atoms with Gasteiger partial charge in [-0.3, -0.25) is 4.79 Å². The highest BCUT2D eigenvalue weighted by Crippen LogP contribution is 2.21. The van der Waals surface area contributed by atoms with Crippen LogP contribution in [0.5, 0.6) is 0 Å². The number of halogens is 1. The molecule has 1 fully saturated rings. The minimum absolute atomic E-state index is 0.114. The van der Waals surface area contributed by atoms with Crippen molar-refractivity contribution in [1.29, 1.82) is 0 Å². The van der Waals surface area contributed by atoms with Gasteiger partial charge in [0.1, 0.15) is 0 Å². The molecule has 0 radical (unpaired) electrons. The molecule has 1 heterocycles. The molecule has 3 nitrogen and oxygen atoms in total. The van der Waals surface area contributed by atoms with Gasteiger partial charge >= 0.3 is 0 Å². The number of hydrogen-bond donors (Lipinski definition) is 1. The van der Waals surface area contributed by atoms with E-state index < -0.39 is 5.54 Å². The summed E-state index contributed by atoms with van der Waals surface area (Å²) >= 11 is 3.37. The number of ether oxygens (including phenoxy) is 1. The van der Waals surface area contributed by atoms with Crippen molar-refractivity contribution >= 4 is 21.7 Å². The van der Waals surface area contributed by atoms with Gasteiger partial charge in [-0.25, -0.2) is 0 Å². The molecule has 0 atom stereocenters. The Morgan fingerprint density at radius 1 is 1.29 bits per heavy atom. The highest BCUT2D eigenvalue weighted by Gasteiger charge is 2.35. The summed E-state index contributed by atoms with van der Waals surface area (Å²) in [5, 5.41) is 0. The van der Waals surface area contributed by atoms with E-state index in [0.29, 0.717) is 32.5 Å². The number of carbonyl (C=O) groups excluding carboxylic acids is 1. The minimum Gasteiger partial charge on any atom is -0.381 e. The largest absolute Gasteiger partial charge is 0.381 e. The molecule has 1 aliphatic heterocycles. The van der Waals surface area contributed by atoms with Crippen molar-refractivity contribution in [2.24, 2.45) is 5.73 Å². The predicted molar refractivity (Wildman–Crippen MR) is 69.8 cm³/mol. The van der Waals surface area contributed by atoms with Crippen LogP contribution >= 0.6 is 15.9 Å². The highest BCUT2D eigenvalue weighted by molar-refractivity contribution is 9.10. The quantitative estimate of drug-likeness (QED) is 0.929. The van der Waals surface area contributed by atoms with Crippen molar-refractivity contribution < 1.29 is 9.53 Å². The van der Waals surface area contributed by atoms with Gasteiger partial charge in [-0.1, -0.05) is 28.1 Å². The van der Waals surface area contributed by atoms with Gasteiger partial charge in [-0.05, 0) is 30.5 Å². The molecule has 1 aliphatic rings. The Balaban J connectivity index is 2.03. The Kier molecular flexibility index (Phi) is 3.97. The zero-order chi connectivity index (χ0) is 12.3. The third kappa shape index (κ3) is 3.15. The summed E-state index contributed by atoms with van der Waals surface area (Å²) in [7, 11) is 0. The summed E-state index contributed by atoms with van der Waals surface area (Å²) in [6.45, 7) is 1.17. The van der Waals surface area contributed by atoms with E-state index in [-0.39, 0.29) is 5.78 Å². The lowest BCUT2D eigenvalue weighted by Gasteiger charge is -2.31. The molecule has 4 heteroatoms. The molecule has 17 heavy (non-hydrogen) atoms. The molecule has 1 saturated heterocycles. The smallest absolute Gasteiger partial charge is 0.157 e. The number of benzene rings is 1. The van der Waals surface area contributed by atoms with E-state index >= 15 is 0 Å². The lowest BCUT2D eigenvalue weighted by atomic mass is 9.84. The molecular weight excluding hydrogens is 282 g/mol. The van der Waals surface area contributed by atoms with Gasteiger partial charge in [0, 0.05) is 24.1 Å². The number of rotatable bonds is 3. The second kappa shape index (κ2) is 5.29. The fourth-order valence-corrected chi connectivity index (χ4v) is 2.24. The van der Waals surface area contributed by atoms with Crippen molar-refractivity contribution in [2.75, 3.05) is 13.2 Å². The van der Waals surface area contributed by atoms with E-state index in [1.54, 1.807) is 0 Å². The van der Waals surface area contributed by atoms with Crippen molar-refractivity contribution in [3.8, 4) is 0 Å². The van der Waals surface area contributed by atoms with Crippen LogP contribution in [-0.2, 0) is 16.0 Å².